The molecule has 0 aromatic heterocycles. The van der Waals surface area contributed by atoms with Gasteiger partial charge in [0.05, 0.1) is 13.4 Å². The van der Waals surface area contributed by atoms with E-state index in [0.717, 1.165) is 11.8 Å². The average Bonchev–Trinajstić information content (AvgIpc) is 1.97. The summed E-state index contributed by atoms with van der Waals surface area (Å²) in [6.45, 7) is 4.58. The summed E-state index contributed by atoms with van der Waals surface area (Å²) < 4.78 is 5.06. The molecule has 0 bridgehead atoms. The molecule has 1 aliphatic carbocycles. The minimum absolute atomic E-state index is 0.735. The third-order valence-corrected chi connectivity index (χ3v) is 2.67. The van der Waals surface area contributed by atoms with Crippen LogP contribution in [0.3, 0.4) is 0 Å². The summed E-state index contributed by atoms with van der Waals surface area (Å²) in [7, 11) is 1.74. The predicted octanol–water partition coefficient (Wildman–Crippen LogP) is 2.97. The fourth-order valence-corrected chi connectivity index (χ4v) is 1.92. The van der Waals surface area contributed by atoms with Crippen molar-refractivity contribution in [2.45, 2.75) is 33.1 Å². The van der Waals surface area contributed by atoms with Crippen LogP contribution in [0.2, 0.25) is 0 Å². The minimum atomic E-state index is 0.735. The van der Waals surface area contributed by atoms with Crippen molar-refractivity contribution >= 4 is 0 Å². The summed E-state index contributed by atoms with van der Waals surface area (Å²) in [4.78, 5) is 0. The lowest BCUT2D eigenvalue weighted by atomic mass is 9.79. The highest BCUT2D eigenvalue weighted by atomic mass is 16.5. The fourth-order valence-electron chi connectivity index (χ4n) is 1.92. The van der Waals surface area contributed by atoms with E-state index in [4.69, 9.17) is 4.74 Å². The first-order valence-corrected chi connectivity index (χ1v) is 4.48. The van der Waals surface area contributed by atoms with Gasteiger partial charge in [-0.15, -0.1) is 0 Å². The highest BCUT2D eigenvalue weighted by Gasteiger charge is 2.20. The van der Waals surface area contributed by atoms with Gasteiger partial charge in [-0.2, -0.15) is 0 Å². The van der Waals surface area contributed by atoms with E-state index in [2.05, 4.69) is 13.8 Å². The van der Waals surface area contributed by atoms with Gasteiger partial charge in [0.15, 0.2) is 0 Å². The van der Waals surface area contributed by atoms with Crippen LogP contribution in [0.15, 0.2) is 11.8 Å². The summed E-state index contributed by atoms with van der Waals surface area (Å²) >= 11 is 0. The van der Waals surface area contributed by atoms with Gasteiger partial charge in [-0.25, -0.2) is 0 Å². The molecule has 64 valence electrons. The normalized spacial score (nSPS) is 31.7. The van der Waals surface area contributed by atoms with Gasteiger partial charge >= 0.3 is 0 Å². The van der Waals surface area contributed by atoms with E-state index in [-0.39, 0.29) is 0 Å². The van der Waals surface area contributed by atoms with Crippen molar-refractivity contribution in [2.24, 2.45) is 11.8 Å². The molecule has 0 amide bonds. The molecule has 11 heavy (non-hydrogen) atoms. The number of methoxy groups -OCH3 is 1. The van der Waals surface area contributed by atoms with Crippen LogP contribution in [0, 0.1) is 11.8 Å². The largest absolute Gasteiger partial charge is 0.504 e. The molecule has 0 heterocycles. The summed E-state index contributed by atoms with van der Waals surface area (Å²) in [6.07, 6.45) is 5.98. The topological polar surface area (TPSA) is 9.23 Å². The van der Waals surface area contributed by atoms with Crippen LogP contribution in [-0.4, -0.2) is 7.11 Å². The number of rotatable bonds is 1. The Balaban J connectivity index is 2.62. The molecule has 1 aliphatic rings. The van der Waals surface area contributed by atoms with E-state index >= 15 is 0 Å². The first kappa shape index (κ1) is 8.63. The van der Waals surface area contributed by atoms with E-state index < -0.39 is 0 Å². The lowest BCUT2D eigenvalue weighted by molar-refractivity contribution is 0.306. The van der Waals surface area contributed by atoms with Gasteiger partial charge in [0.1, 0.15) is 0 Å². The second kappa shape index (κ2) is 3.80. The second-order valence-corrected chi connectivity index (χ2v) is 3.59. The van der Waals surface area contributed by atoms with Gasteiger partial charge in [0.25, 0.3) is 0 Å². The predicted molar refractivity (Wildman–Crippen MR) is 47.3 cm³/mol. The summed E-state index contributed by atoms with van der Waals surface area (Å²) in [5.41, 5.74) is 1.50. The molecule has 0 aromatic rings. The Kier molecular flexibility index (Phi) is 2.98. The Hall–Kier alpha value is -0.460. The van der Waals surface area contributed by atoms with Crippen LogP contribution < -0.4 is 0 Å². The van der Waals surface area contributed by atoms with Crippen LogP contribution in [0.4, 0.5) is 0 Å². The van der Waals surface area contributed by atoms with Crippen molar-refractivity contribution in [1.82, 2.24) is 0 Å². The van der Waals surface area contributed by atoms with Crippen LogP contribution in [0.1, 0.15) is 33.1 Å². The van der Waals surface area contributed by atoms with Gasteiger partial charge in [-0.1, -0.05) is 20.3 Å². The van der Waals surface area contributed by atoms with Crippen molar-refractivity contribution < 1.29 is 4.74 Å². The zero-order chi connectivity index (χ0) is 8.27. The van der Waals surface area contributed by atoms with Crippen LogP contribution >= 0.6 is 0 Å². The second-order valence-electron chi connectivity index (χ2n) is 3.59. The molecule has 0 saturated heterocycles. The molecule has 0 unspecified atom stereocenters. The maximum absolute atomic E-state index is 5.06. The third kappa shape index (κ3) is 1.98. The highest BCUT2D eigenvalue weighted by Crippen LogP contribution is 2.33. The maximum atomic E-state index is 5.06. The molecule has 0 N–H and O–H groups in total. The molecule has 1 nitrogen and oxygen atoms in total. The molecule has 0 radical (unpaired) electrons. The van der Waals surface area contributed by atoms with Crippen molar-refractivity contribution in [3.63, 3.8) is 0 Å². The molecule has 0 aromatic carbocycles. The molecular weight excluding hydrogens is 136 g/mol. The molecule has 1 fully saturated rings. The smallest absolute Gasteiger partial charge is 0.0821 e. The SMILES string of the molecule is COC=C1[C@@H](C)CCC[C@@H]1C. The third-order valence-electron chi connectivity index (χ3n) is 2.67. The Labute approximate surface area is 69.4 Å². The van der Waals surface area contributed by atoms with E-state index in [1.54, 1.807) is 7.11 Å². The number of hydrogen-bond acceptors (Lipinski definition) is 1. The van der Waals surface area contributed by atoms with Crippen molar-refractivity contribution in [2.75, 3.05) is 7.11 Å². The highest BCUT2D eigenvalue weighted by molar-refractivity contribution is 5.08. The Morgan fingerprint density at radius 2 is 1.82 bits per heavy atom. The zero-order valence-corrected chi connectivity index (χ0v) is 7.76. The molecule has 1 rings (SSSR count). The van der Waals surface area contributed by atoms with Crippen LogP contribution in [0.25, 0.3) is 0 Å². The molecule has 2 atom stereocenters. The Morgan fingerprint density at radius 1 is 1.27 bits per heavy atom. The summed E-state index contributed by atoms with van der Waals surface area (Å²) in [5.74, 6) is 1.47. The standard InChI is InChI=1S/C10H18O/c1-8-5-4-6-9(2)10(8)7-11-3/h7-9H,4-6H2,1-3H3/t8-,9-/m0/s1. The molecular formula is C10H18O. The monoisotopic (exact) mass is 154 g/mol. The van der Waals surface area contributed by atoms with Gasteiger partial charge in [-0.05, 0) is 30.3 Å². The fraction of sp³-hybridized carbons (Fsp3) is 0.800. The van der Waals surface area contributed by atoms with Crippen molar-refractivity contribution in [3.05, 3.63) is 11.8 Å². The number of allylic oxidation sites excluding steroid dienone is 1. The average molecular weight is 154 g/mol. The summed E-state index contributed by atoms with van der Waals surface area (Å²) in [6, 6.07) is 0. The molecule has 1 saturated carbocycles. The lowest BCUT2D eigenvalue weighted by Gasteiger charge is -2.27. The van der Waals surface area contributed by atoms with E-state index in [1.807, 2.05) is 6.26 Å². The quantitative estimate of drug-likeness (QED) is 0.528. The van der Waals surface area contributed by atoms with Crippen LogP contribution in [-0.2, 0) is 4.74 Å². The first-order valence-electron chi connectivity index (χ1n) is 4.48. The Morgan fingerprint density at radius 3 is 2.27 bits per heavy atom. The van der Waals surface area contributed by atoms with E-state index in [1.165, 1.54) is 24.8 Å². The molecule has 1 heteroatoms. The maximum Gasteiger partial charge on any atom is 0.0821 e. The molecule has 0 aliphatic heterocycles. The zero-order valence-electron chi connectivity index (χ0n) is 7.76. The van der Waals surface area contributed by atoms with E-state index in [0.29, 0.717) is 0 Å². The first-order chi connectivity index (χ1) is 5.25. The number of ether oxygens (including phenoxy) is 1. The van der Waals surface area contributed by atoms with Crippen molar-refractivity contribution in [3.8, 4) is 0 Å². The number of hydrogen-bond donors (Lipinski definition) is 0. The lowest BCUT2D eigenvalue weighted by Crippen LogP contribution is -2.14. The van der Waals surface area contributed by atoms with Crippen LogP contribution in [0.5, 0.6) is 0 Å². The Bertz CT molecular complexity index is 137. The molecule has 0 spiro atoms. The van der Waals surface area contributed by atoms with Gasteiger partial charge < -0.3 is 4.74 Å². The van der Waals surface area contributed by atoms with Gasteiger partial charge in [0, 0.05) is 0 Å². The van der Waals surface area contributed by atoms with Gasteiger partial charge in [0.2, 0.25) is 0 Å². The van der Waals surface area contributed by atoms with E-state index in [9.17, 15) is 0 Å². The minimum Gasteiger partial charge on any atom is -0.504 e. The summed E-state index contributed by atoms with van der Waals surface area (Å²) in [5, 5.41) is 0. The van der Waals surface area contributed by atoms with Crippen molar-refractivity contribution in [1.29, 1.82) is 0 Å². The van der Waals surface area contributed by atoms with Gasteiger partial charge in [-0.3, -0.25) is 0 Å².